The first-order chi connectivity index (χ1) is 16.7. The van der Waals surface area contributed by atoms with Crippen LogP contribution >= 0.6 is 7.82 Å². The normalized spacial score (nSPS) is 16.9. The van der Waals surface area contributed by atoms with E-state index >= 15 is 0 Å². The van der Waals surface area contributed by atoms with Crippen LogP contribution in [0.3, 0.4) is 0 Å². The van der Waals surface area contributed by atoms with Crippen molar-refractivity contribution in [2.24, 2.45) is 0 Å². The van der Waals surface area contributed by atoms with Crippen LogP contribution in [0.4, 0.5) is 0 Å². The number of phosphoric ester groups is 1. The molecule has 0 spiro atoms. The van der Waals surface area contributed by atoms with Crippen molar-refractivity contribution >= 4 is 19.8 Å². The Hall–Kier alpha value is -1.61. The molecule has 0 aromatic carbocycles. The van der Waals surface area contributed by atoms with Crippen molar-refractivity contribution in [3.8, 4) is 0 Å². The molecule has 0 saturated heterocycles. The maximum atomic E-state index is 11.9. The Morgan fingerprint density at radius 1 is 0.914 bits per heavy atom. The van der Waals surface area contributed by atoms with Crippen LogP contribution in [0, 0.1) is 0 Å². The number of cyclic esters (lactones) is 1. The van der Waals surface area contributed by atoms with E-state index in [1.165, 1.54) is 70.6 Å². The lowest BCUT2D eigenvalue weighted by molar-refractivity contribution is -0.154. The third-order valence-electron chi connectivity index (χ3n) is 5.88. The first-order valence-corrected chi connectivity index (χ1v) is 14.4. The summed E-state index contributed by atoms with van der Waals surface area (Å²) >= 11 is 0. The van der Waals surface area contributed by atoms with Gasteiger partial charge in [-0.05, 0) is 6.42 Å². The van der Waals surface area contributed by atoms with Gasteiger partial charge in [0, 0.05) is 6.42 Å². The topological polar surface area (TPSA) is 160 Å². The molecule has 1 aliphatic heterocycles. The van der Waals surface area contributed by atoms with E-state index < -0.39 is 50.1 Å². The second-order valence-electron chi connectivity index (χ2n) is 9.07. The van der Waals surface area contributed by atoms with Crippen molar-refractivity contribution in [2.75, 3.05) is 6.61 Å². The van der Waals surface area contributed by atoms with Crippen molar-refractivity contribution in [1.82, 2.24) is 0 Å². The average Bonchev–Trinajstić information content (AvgIpc) is 3.07. The number of ether oxygens (including phenoxy) is 2. The quantitative estimate of drug-likeness (QED) is 0.0922. The molecule has 4 N–H and O–H groups in total. The molecule has 1 rings (SSSR count). The summed E-state index contributed by atoms with van der Waals surface area (Å²) in [6.07, 6.45) is 15.2. The number of esters is 2. The first kappa shape index (κ1) is 31.4. The number of carbonyl (C=O) groups is 2. The number of rotatable bonds is 21. The molecule has 0 aromatic heterocycles. The molecule has 0 unspecified atom stereocenters. The van der Waals surface area contributed by atoms with E-state index in [0.717, 1.165) is 19.3 Å². The van der Waals surface area contributed by atoms with Crippen LogP contribution in [0.25, 0.3) is 0 Å². The highest BCUT2D eigenvalue weighted by atomic mass is 31.2. The second kappa shape index (κ2) is 17.8. The van der Waals surface area contributed by atoms with Crippen LogP contribution < -0.4 is 0 Å². The Labute approximate surface area is 208 Å². The molecular weight excluding hydrogens is 479 g/mol. The number of unbranched alkanes of at least 4 members (excludes halogenated alkanes) is 14. The molecule has 0 radical (unpaired) electrons. The fourth-order valence-electron chi connectivity index (χ4n) is 3.90. The standard InChI is InChI=1S/C24H43O10P/c1-2-3-4-5-6-7-8-9-10-11-12-13-14-15-16-17-20(26)32-18-19(25)22-21(27)23(24(28)33-22)34-35(29,30)31/h19,22,25,27H,2-18H2,1H3,(H2,29,30,31)/t19-,22+/m0/s1. The average molecular weight is 523 g/mol. The molecule has 1 aliphatic rings. The van der Waals surface area contributed by atoms with E-state index in [1.54, 1.807) is 0 Å². The highest BCUT2D eigenvalue weighted by Crippen LogP contribution is 2.42. The van der Waals surface area contributed by atoms with Crippen LogP contribution in [0.1, 0.15) is 110 Å². The molecule has 0 fully saturated rings. The number of phosphoric acid groups is 1. The highest BCUT2D eigenvalue weighted by molar-refractivity contribution is 7.46. The summed E-state index contributed by atoms with van der Waals surface area (Å²) < 4.78 is 24.5. The summed E-state index contributed by atoms with van der Waals surface area (Å²) in [7, 11) is -5.10. The van der Waals surface area contributed by atoms with Gasteiger partial charge in [0.2, 0.25) is 0 Å². The zero-order valence-electron chi connectivity index (χ0n) is 20.9. The van der Waals surface area contributed by atoms with E-state index in [2.05, 4.69) is 16.2 Å². The summed E-state index contributed by atoms with van der Waals surface area (Å²) in [6, 6.07) is 0. The van der Waals surface area contributed by atoms with Gasteiger partial charge in [-0.3, -0.25) is 14.6 Å². The molecule has 10 nitrogen and oxygen atoms in total. The predicted molar refractivity (Wildman–Crippen MR) is 129 cm³/mol. The van der Waals surface area contributed by atoms with E-state index in [4.69, 9.17) is 14.5 Å². The summed E-state index contributed by atoms with van der Waals surface area (Å²) in [6.45, 7) is 1.69. The van der Waals surface area contributed by atoms with Gasteiger partial charge < -0.3 is 24.2 Å². The lowest BCUT2D eigenvalue weighted by Gasteiger charge is -2.17. The van der Waals surface area contributed by atoms with Gasteiger partial charge in [0.25, 0.3) is 5.76 Å². The second-order valence-corrected chi connectivity index (χ2v) is 10.2. The molecular formula is C24H43O10P. The Balaban J connectivity index is 2.03. The summed E-state index contributed by atoms with van der Waals surface area (Å²) in [5.41, 5.74) is 0. The lowest BCUT2D eigenvalue weighted by atomic mass is 10.0. The zero-order valence-corrected chi connectivity index (χ0v) is 21.8. The Kier molecular flexibility index (Phi) is 15.9. The highest BCUT2D eigenvalue weighted by Gasteiger charge is 2.43. The van der Waals surface area contributed by atoms with Gasteiger partial charge in [-0.2, -0.15) is 0 Å². The first-order valence-electron chi connectivity index (χ1n) is 12.9. The van der Waals surface area contributed by atoms with Gasteiger partial charge in [0.05, 0.1) is 0 Å². The minimum Gasteiger partial charge on any atom is -0.505 e. The van der Waals surface area contributed by atoms with Crippen LogP contribution in [0.5, 0.6) is 0 Å². The fourth-order valence-corrected chi connectivity index (χ4v) is 4.31. The van der Waals surface area contributed by atoms with E-state index in [9.17, 15) is 24.4 Å². The number of aliphatic hydroxyl groups is 2. The predicted octanol–water partition coefficient (Wildman–Crippen LogP) is 4.96. The van der Waals surface area contributed by atoms with E-state index in [0.29, 0.717) is 6.42 Å². The summed E-state index contributed by atoms with van der Waals surface area (Å²) in [5, 5.41) is 19.8. The van der Waals surface area contributed by atoms with Crippen molar-refractivity contribution in [2.45, 2.75) is 122 Å². The van der Waals surface area contributed by atoms with Crippen molar-refractivity contribution < 1.29 is 48.2 Å². The number of hydrogen-bond donors (Lipinski definition) is 4. The molecule has 0 saturated carbocycles. The monoisotopic (exact) mass is 522 g/mol. The molecule has 35 heavy (non-hydrogen) atoms. The fraction of sp³-hybridized carbons (Fsp3) is 0.833. The summed E-state index contributed by atoms with van der Waals surface area (Å²) in [5.74, 6) is -3.91. The van der Waals surface area contributed by atoms with Crippen molar-refractivity contribution in [3.63, 3.8) is 0 Å². The lowest BCUT2D eigenvalue weighted by Crippen LogP contribution is -2.33. The molecule has 204 valence electrons. The van der Waals surface area contributed by atoms with Crippen molar-refractivity contribution in [1.29, 1.82) is 0 Å². The van der Waals surface area contributed by atoms with Crippen LogP contribution in [0.2, 0.25) is 0 Å². The molecule has 0 amide bonds. The SMILES string of the molecule is CCCCCCCCCCCCCCCCCC(=O)OC[C@H](O)[C@H]1OC(=O)C(OP(=O)(O)O)=C1O. The van der Waals surface area contributed by atoms with E-state index in [-0.39, 0.29) is 6.42 Å². The minimum atomic E-state index is -5.10. The smallest absolute Gasteiger partial charge is 0.505 e. The molecule has 2 atom stereocenters. The largest absolute Gasteiger partial charge is 0.525 e. The maximum absolute atomic E-state index is 11.9. The number of hydrogen-bond acceptors (Lipinski definition) is 8. The van der Waals surface area contributed by atoms with Gasteiger partial charge >= 0.3 is 19.8 Å². The van der Waals surface area contributed by atoms with Gasteiger partial charge in [-0.1, -0.05) is 96.8 Å². The minimum absolute atomic E-state index is 0.184. The molecule has 0 aliphatic carbocycles. The van der Waals surface area contributed by atoms with Gasteiger partial charge in [-0.15, -0.1) is 0 Å². The Bertz CT molecular complexity index is 702. The third-order valence-corrected chi connectivity index (χ3v) is 6.30. The Morgan fingerprint density at radius 3 is 1.83 bits per heavy atom. The number of aliphatic hydroxyl groups excluding tert-OH is 2. The molecule has 0 aromatic rings. The van der Waals surface area contributed by atoms with Crippen LogP contribution in [-0.4, -0.2) is 50.8 Å². The molecule has 11 heteroatoms. The molecule has 0 bridgehead atoms. The maximum Gasteiger partial charge on any atom is 0.525 e. The number of carbonyl (C=O) groups excluding carboxylic acids is 2. The van der Waals surface area contributed by atoms with Crippen molar-refractivity contribution in [3.05, 3.63) is 11.5 Å². The third kappa shape index (κ3) is 14.5. The van der Waals surface area contributed by atoms with Crippen LogP contribution in [-0.2, 0) is 28.2 Å². The van der Waals surface area contributed by atoms with Gasteiger partial charge in [0.15, 0.2) is 11.9 Å². The van der Waals surface area contributed by atoms with Gasteiger partial charge in [-0.25, -0.2) is 9.36 Å². The summed E-state index contributed by atoms with van der Waals surface area (Å²) in [4.78, 5) is 40.9. The zero-order chi connectivity index (χ0) is 26.1. The molecule has 1 heterocycles. The van der Waals surface area contributed by atoms with Gasteiger partial charge in [0.1, 0.15) is 12.7 Å². The van der Waals surface area contributed by atoms with Crippen LogP contribution in [0.15, 0.2) is 11.5 Å². The Morgan fingerprint density at radius 2 is 1.37 bits per heavy atom. The van der Waals surface area contributed by atoms with E-state index in [1.807, 2.05) is 0 Å².